The zero-order valence-corrected chi connectivity index (χ0v) is 7.53. The van der Waals surface area contributed by atoms with Gasteiger partial charge in [-0.1, -0.05) is 0 Å². The summed E-state index contributed by atoms with van der Waals surface area (Å²) in [5.74, 6) is 0. The van der Waals surface area contributed by atoms with Gasteiger partial charge < -0.3 is 25.3 Å². The third-order valence-electron chi connectivity index (χ3n) is 1.92. The van der Waals surface area contributed by atoms with Gasteiger partial charge in [0.25, 0.3) is 0 Å². The van der Waals surface area contributed by atoms with Gasteiger partial charge in [0, 0.05) is 0 Å². The monoisotopic (exact) mass is 182 g/mol. The zero-order valence-electron chi connectivity index (χ0n) is 7.53. The Balaban J connectivity index is 0. The van der Waals surface area contributed by atoms with Gasteiger partial charge in [0.1, 0.15) is 19.6 Å². The minimum Gasteiger partial charge on any atom is -0.412 e. The van der Waals surface area contributed by atoms with Crippen LogP contribution >= 0.6 is 0 Å². The summed E-state index contributed by atoms with van der Waals surface area (Å²) in [6, 6.07) is 0. The molecule has 0 aliphatic carbocycles. The first-order chi connectivity index (χ1) is 5.18. The number of likely N-dealkylation sites (N-methyl/N-ethyl adjacent to an activating group) is 1. The Morgan fingerprint density at radius 3 is 1.25 bits per heavy atom. The van der Waals surface area contributed by atoms with Crippen molar-refractivity contribution in [3.05, 3.63) is 0 Å². The van der Waals surface area contributed by atoms with E-state index in [-0.39, 0.29) is 25.3 Å². The van der Waals surface area contributed by atoms with Crippen LogP contribution in [0.25, 0.3) is 0 Å². The molecule has 0 bridgehead atoms. The van der Waals surface area contributed by atoms with E-state index in [1.54, 1.807) is 0 Å². The summed E-state index contributed by atoms with van der Waals surface area (Å²) in [6.07, 6.45) is 0. The van der Waals surface area contributed by atoms with E-state index in [9.17, 15) is 0 Å². The van der Waals surface area contributed by atoms with Gasteiger partial charge in [-0.05, 0) is 0 Å². The molecule has 0 spiro atoms. The van der Waals surface area contributed by atoms with Crippen LogP contribution < -0.4 is 0 Å². The van der Waals surface area contributed by atoms with Crippen LogP contribution in [-0.4, -0.2) is 71.8 Å². The van der Waals surface area contributed by atoms with Crippen LogP contribution in [0, 0.1) is 0 Å². The van der Waals surface area contributed by atoms with Crippen molar-refractivity contribution >= 4 is 0 Å². The topological polar surface area (TPSA) is 92.2 Å². The second kappa shape index (κ2) is 7.45. The summed E-state index contributed by atoms with van der Waals surface area (Å²) in [5, 5.41) is 26.0. The van der Waals surface area contributed by atoms with Crippen molar-refractivity contribution in [2.24, 2.45) is 0 Å². The van der Waals surface area contributed by atoms with Gasteiger partial charge in [0.05, 0.1) is 26.9 Å². The molecule has 0 atom stereocenters. The van der Waals surface area contributed by atoms with Gasteiger partial charge in [0.15, 0.2) is 0 Å². The van der Waals surface area contributed by atoms with Crippen molar-refractivity contribution in [1.29, 1.82) is 0 Å². The van der Waals surface area contributed by atoms with Crippen molar-refractivity contribution < 1.29 is 25.3 Å². The van der Waals surface area contributed by atoms with Crippen LogP contribution in [0.5, 0.6) is 0 Å². The molecule has 0 aromatic heterocycles. The van der Waals surface area contributed by atoms with Gasteiger partial charge in [-0.2, -0.15) is 0 Å². The largest absolute Gasteiger partial charge is 0.412 e. The molecular weight excluding hydrogens is 162 g/mol. The molecule has 5 heteroatoms. The van der Waals surface area contributed by atoms with Gasteiger partial charge in [0.2, 0.25) is 0 Å². The SMILES string of the molecule is C[N+](CCO)(CCO)CCO.O. The highest BCUT2D eigenvalue weighted by Gasteiger charge is 2.18. The Morgan fingerprint density at radius 1 is 0.833 bits per heavy atom. The highest BCUT2D eigenvalue weighted by molar-refractivity contribution is 4.37. The first-order valence-electron chi connectivity index (χ1n) is 3.84. The average molecular weight is 182 g/mol. The fourth-order valence-electron chi connectivity index (χ4n) is 1.06. The van der Waals surface area contributed by atoms with Crippen LogP contribution in [0.4, 0.5) is 0 Å². The third-order valence-corrected chi connectivity index (χ3v) is 1.92. The highest BCUT2D eigenvalue weighted by Crippen LogP contribution is 1.99. The first kappa shape index (κ1) is 14.3. The molecule has 5 N–H and O–H groups in total. The lowest BCUT2D eigenvalue weighted by molar-refractivity contribution is -0.910. The fraction of sp³-hybridized carbons (Fsp3) is 1.00. The maximum absolute atomic E-state index is 8.68. The minimum absolute atomic E-state index is 0. The predicted molar refractivity (Wildman–Crippen MR) is 45.7 cm³/mol. The number of hydrogen-bond acceptors (Lipinski definition) is 3. The summed E-state index contributed by atoms with van der Waals surface area (Å²) < 4.78 is 0.531. The summed E-state index contributed by atoms with van der Waals surface area (Å²) >= 11 is 0. The molecule has 0 aliphatic rings. The van der Waals surface area contributed by atoms with E-state index in [0.29, 0.717) is 24.1 Å². The number of rotatable bonds is 6. The molecule has 76 valence electrons. The molecule has 0 saturated carbocycles. The molecule has 0 amide bonds. The highest BCUT2D eigenvalue weighted by atomic mass is 16.3. The van der Waals surface area contributed by atoms with Crippen LogP contribution in [0.3, 0.4) is 0 Å². The van der Waals surface area contributed by atoms with E-state index < -0.39 is 0 Å². The first-order valence-corrected chi connectivity index (χ1v) is 3.84. The molecule has 0 aromatic carbocycles. The number of aliphatic hydroxyl groups excluding tert-OH is 3. The molecule has 0 rings (SSSR count). The smallest absolute Gasteiger partial charge is 0.102 e. The lowest BCUT2D eigenvalue weighted by atomic mass is 10.4. The maximum atomic E-state index is 8.68. The summed E-state index contributed by atoms with van der Waals surface area (Å²) in [5.41, 5.74) is 0. The van der Waals surface area contributed by atoms with Crippen molar-refractivity contribution in [3.63, 3.8) is 0 Å². The Labute approximate surface area is 72.8 Å². The van der Waals surface area contributed by atoms with Gasteiger partial charge in [-0.25, -0.2) is 0 Å². The van der Waals surface area contributed by atoms with E-state index in [1.165, 1.54) is 0 Å². The van der Waals surface area contributed by atoms with Crippen LogP contribution in [0.2, 0.25) is 0 Å². The second-order valence-electron chi connectivity index (χ2n) is 2.96. The van der Waals surface area contributed by atoms with Crippen LogP contribution in [0.1, 0.15) is 0 Å². The third kappa shape index (κ3) is 5.45. The van der Waals surface area contributed by atoms with Gasteiger partial charge in [-0.3, -0.25) is 0 Å². The lowest BCUT2D eigenvalue weighted by Gasteiger charge is -2.32. The molecule has 12 heavy (non-hydrogen) atoms. The average Bonchev–Trinajstić information content (AvgIpc) is 1.88. The Kier molecular flexibility index (Phi) is 8.90. The van der Waals surface area contributed by atoms with E-state index in [4.69, 9.17) is 15.3 Å². The minimum atomic E-state index is 0. The molecule has 0 aromatic rings. The Bertz CT molecular complexity index is 82.4. The van der Waals surface area contributed by atoms with Crippen molar-refractivity contribution in [2.45, 2.75) is 0 Å². The van der Waals surface area contributed by atoms with Crippen molar-refractivity contribution in [3.8, 4) is 0 Å². The molecular formula is C7H20NO4+. The standard InChI is InChI=1S/C7H18NO3.H2O/c1-8(2-5-9,3-6-10)4-7-11;/h9-11H,2-7H2,1H3;1H2/q+1;. The molecule has 0 fully saturated rings. The van der Waals surface area contributed by atoms with Crippen LogP contribution in [-0.2, 0) is 0 Å². The summed E-state index contributed by atoms with van der Waals surface area (Å²) in [7, 11) is 1.91. The van der Waals surface area contributed by atoms with E-state index in [0.717, 1.165) is 0 Å². The van der Waals surface area contributed by atoms with E-state index in [2.05, 4.69) is 0 Å². The van der Waals surface area contributed by atoms with E-state index >= 15 is 0 Å². The maximum Gasteiger partial charge on any atom is 0.102 e. The second-order valence-corrected chi connectivity index (χ2v) is 2.96. The number of nitrogens with zero attached hydrogens (tertiary/aromatic N) is 1. The number of quaternary nitrogens is 1. The number of aliphatic hydroxyl groups is 3. The fourth-order valence-corrected chi connectivity index (χ4v) is 1.06. The number of hydrogen-bond donors (Lipinski definition) is 3. The van der Waals surface area contributed by atoms with Crippen LogP contribution in [0.15, 0.2) is 0 Å². The predicted octanol–water partition coefficient (Wildman–Crippen LogP) is -2.41. The molecule has 0 aliphatic heterocycles. The van der Waals surface area contributed by atoms with Crippen molar-refractivity contribution in [2.75, 3.05) is 46.5 Å². The molecule has 0 heterocycles. The van der Waals surface area contributed by atoms with E-state index in [1.807, 2.05) is 7.05 Å². The molecule has 5 nitrogen and oxygen atoms in total. The molecule has 0 unspecified atom stereocenters. The normalized spacial score (nSPS) is 11.0. The van der Waals surface area contributed by atoms with Gasteiger partial charge >= 0.3 is 0 Å². The lowest BCUT2D eigenvalue weighted by Crippen LogP contribution is -2.49. The molecule has 0 radical (unpaired) electrons. The van der Waals surface area contributed by atoms with Gasteiger partial charge in [-0.15, -0.1) is 0 Å². The Hall–Kier alpha value is -0.200. The quantitative estimate of drug-likeness (QED) is 0.399. The molecule has 0 saturated heterocycles. The zero-order chi connectivity index (χ0) is 8.74. The summed E-state index contributed by atoms with van der Waals surface area (Å²) in [6.45, 7) is 2.03. The Morgan fingerprint density at radius 2 is 1.08 bits per heavy atom. The summed E-state index contributed by atoms with van der Waals surface area (Å²) in [4.78, 5) is 0. The van der Waals surface area contributed by atoms with Crippen molar-refractivity contribution in [1.82, 2.24) is 0 Å².